The van der Waals surface area contributed by atoms with Gasteiger partial charge in [0.15, 0.2) is 0 Å². The first-order valence-corrected chi connectivity index (χ1v) is 6.97. The number of ether oxygens (including phenoxy) is 1. The van der Waals surface area contributed by atoms with E-state index in [2.05, 4.69) is 0 Å². The third kappa shape index (κ3) is 4.77. The molecule has 0 heterocycles. The predicted molar refractivity (Wildman–Crippen MR) is 80.3 cm³/mol. The lowest BCUT2D eigenvalue weighted by atomic mass is 9.96. The largest absolute Gasteiger partial charge is 0.496 e. The van der Waals surface area contributed by atoms with Crippen molar-refractivity contribution in [3.8, 4) is 5.75 Å². The second-order valence-electron chi connectivity index (χ2n) is 5.34. The Morgan fingerprint density at radius 3 is 2.48 bits per heavy atom. The summed E-state index contributed by atoms with van der Waals surface area (Å²) in [6.45, 7) is 3.48. The summed E-state index contributed by atoms with van der Waals surface area (Å²) in [5, 5.41) is 8.93. The van der Waals surface area contributed by atoms with E-state index in [1.54, 1.807) is 7.11 Å². The molecule has 0 saturated heterocycles. The van der Waals surface area contributed by atoms with Crippen molar-refractivity contribution < 1.29 is 19.4 Å². The highest BCUT2D eigenvalue weighted by Gasteiger charge is 2.23. The number of hydrogen-bond donors (Lipinski definition) is 1. The molecule has 0 aromatic heterocycles. The average Bonchev–Trinajstić information content (AvgIpc) is 2.45. The van der Waals surface area contributed by atoms with Gasteiger partial charge in [-0.05, 0) is 30.9 Å². The summed E-state index contributed by atoms with van der Waals surface area (Å²) in [7, 11) is 3.15. The number of aliphatic carboxylic acids is 1. The lowest BCUT2D eigenvalue weighted by Gasteiger charge is -2.23. The maximum Gasteiger partial charge on any atom is 0.326 e. The molecule has 0 aliphatic heterocycles. The summed E-state index contributed by atoms with van der Waals surface area (Å²) in [6.07, 6.45) is 1.03. The number of carboxylic acids is 1. The third-order valence-corrected chi connectivity index (χ3v) is 3.62. The maximum absolute atomic E-state index is 12.1. The Labute approximate surface area is 125 Å². The predicted octanol–water partition coefficient (Wildman–Crippen LogP) is 2.20. The number of likely N-dealkylation sites (N-methyl/N-ethyl adjacent to an activating group) is 1. The molecule has 2 unspecified atom stereocenters. The van der Waals surface area contributed by atoms with Crippen LogP contribution in [0.5, 0.6) is 5.75 Å². The molecule has 116 valence electrons. The van der Waals surface area contributed by atoms with Gasteiger partial charge in [0.25, 0.3) is 0 Å². The molecular formula is C16H23NO4. The van der Waals surface area contributed by atoms with E-state index in [1.807, 2.05) is 31.2 Å². The van der Waals surface area contributed by atoms with E-state index in [0.717, 1.165) is 11.3 Å². The summed E-state index contributed by atoms with van der Waals surface area (Å²) in [5.74, 6) is -0.239. The molecule has 1 aromatic carbocycles. The summed E-state index contributed by atoms with van der Waals surface area (Å²) < 4.78 is 5.30. The molecule has 0 fully saturated rings. The Morgan fingerprint density at radius 1 is 1.29 bits per heavy atom. The van der Waals surface area contributed by atoms with Gasteiger partial charge in [0.2, 0.25) is 5.91 Å². The van der Waals surface area contributed by atoms with Crippen LogP contribution in [0, 0.1) is 5.92 Å². The first-order chi connectivity index (χ1) is 9.86. The van der Waals surface area contributed by atoms with Gasteiger partial charge in [-0.2, -0.15) is 0 Å². The van der Waals surface area contributed by atoms with Gasteiger partial charge >= 0.3 is 5.97 Å². The van der Waals surface area contributed by atoms with E-state index in [9.17, 15) is 9.59 Å². The van der Waals surface area contributed by atoms with Crippen LogP contribution >= 0.6 is 0 Å². The number of benzene rings is 1. The minimum atomic E-state index is -0.997. The Balaban J connectivity index is 2.63. The molecule has 1 rings (SSSR count). The summed E-state index contributed by atoms with van der Waals surface area (Å²) in [4.78, 5) is 24.2. The van der Waals surface area contributed by atoms with Crippen molar-refractivity contribution in [2.24, 2.45) is 5.92 Å². The second-order valence-corrected chi connectivity index (χ2v) is 5.34. The van der Waals surface area contributed by atoms with Crippen molar-refractivity contribution in [1.29, 1.82) is 0 Å². The van der Waals surface area contributed by atoms with Crippen molar-refractivity contribution in [3.05, 3.63) is 29.8 Å². The van der Waals surface area contributed by atoms with Crippen LogP contribution in [0.4, 0.5) is 0 Å². The number of methoxy groups -OCH3 is 1. The number of carboxylic acid groups (broad SMARTS) is 1. The molecule has 1 aromatic rings. The monoisotopic (exact) mass is 293 g/mol. The summed E-state index contributed by atoms with van der Waals surface area (Å²) in [6, 6.07) is 6.90. The van der Waals surface area contributed by atoms with E-state index in [1.165, 1.54) is 18.9 Å². The molecule has 0 bridgehead atoms. The minimum absolute atomic E-state index is 0.109. The quantitative estimate of drug-likeness (QED) is 0.837. The molecule has 2 atom stereocenters. The summed E-state index contributed by atoms with van der Waals surface area (Å²) >= 11 is 0. The highest BCUT2D eigenvalue weighted by molar-refractivity contribution is 5.83. The van der Waals surface area contributed by atoms with Gasteiger partial charge in [-0.25, -0.2) is 4.79 Å². The number of rotatable bonds is 7. The Hall–Kier alpha value is -2.04. The Bertz CT molecular complexity index is 501. The lowest BCUT2D eigenvalue weighted by molar-refractivity contribution is -0.148. The van der Waals surface area contributed by atoms with Crippen LogP contribution in [-0.4, -0.2) is 42.1 Å². The number of amides is 1. The van der Waals surface area contributed by atoms with Crippen LogP contribution in [0.15, 0.2) is 24.3 Å². The van der Waals surface area contributed by atoms with Crippen molar-refractivity contribution in [3.63, 3.8) is 0 Å². The highest BCUT2D eigenvalue weighted by atomic mass is 16.5. The van der Waals surface area contributed by atoms with E-state index < -0.39 is 12.0 Å². The fourth-order valence-corrected chi connectivity index (χ4v) is 2.14. The van der Waals surface area contributed by atoms with E-state index in [0.29, 0.717) is 12.8 Å². The van der Waals surface area contributed by atoms with Crippen molar-refractivity contribution in [2.45, 2.75) is 32.7 Å². The van der Waals surface area contributed by atoms with Crippen molar-refractivity contribution in [1.82, 2.24) is 4.90 Å². The van der Waals surface area contributed by atoms with Crippen LogP contribution in [-0.2, 0) is 16.0 Å². The fraction of sp³-hybridized carbons (Fsp3) is 0.500. The van der Waals surface area contributed by atoms with Crippen LogP contribution in [0.2, 0.25) is 0 Å². The average molecular weight is 293 g/mol. The molecule has 21 heavy (non-hydrogen) atoms. The maximum atomic E-state index is 12.1. The van der Waals surface area contributed by atoms with Crippen LogP contribution in [0.1, 0.15) is 25.8 Å². The van der Waals surface area contributed by atoms with Gasteiger partial charge in [0.05, 0.1) is 7.11 Å². The number of hydrogen-bond acceptors (Lipinski definition) is 3. The molecule has 0 aliphatic rings. The third-order valence-electron chi connectivity index (χ3n) is 3.62. The number of carbonyl (C=O) groups excluding carboxylic acids is 1. The Morgan fingerprint density at radius 2 is 1.90 bits per heavy atom. The van der Waals surface area contributed by atoms with Gasteiger partial charge in [0.1, 0.15) is 11.8 Å². The molecule has 0 saturated carbocycles. The normalized spacial score (nSPS) is 13.3. The molecule has 1 N–H and O–H groups in total. The van der Waals surface area contributed by atoms with E-state index in [4.69, 9.17) is 9.84 Å². The lowest BCUT2D eigenvalue weighted by Crippen LogP contribution is -2.40. The van der Waals surface area contributed by atoms with E-state index >= 15 is 0 Å². The van der Waals surface area contributed by atoms with E-state index in [-0.39, 0.29) is 11.8 Å². The standard InChI is InChI=1S/C16H23NO4/c1-11(9-13-7-5-6-8-14(13)21-4)10-15(18)17(3)12(2)16(19)20/h5-8,11-12H,9-10H2,1-4H3,(H,19,20). The SMILES string of the molecule is COc1ccccc1CC(C)CC(=O)N(C)C(C)C(=O)O. The first kappa shape index (κ1) is 17.0. The van der Waals surface area contributed by atoms with Crippen molar-refractivity contribution >= 4 is 11.9 Å². The molecule has 5 nitrogen and oxygen atoms in total. The van der Waals surface area contributed by atoms with Crippen LogP contribution in [0.3, 0.4) is 0 Å². The Kier molecular flexibility index (Phi) is 6.21. The zero-order chi connectivity index (χ0) is 16.0. The van der Waals surface area contributed by atoms with Gasteiger partial charge < -0.3 is 14.7 Å². The number of carbonyl (C=O) groups is 2. The van der Waals surface area contributed by atoms with Gasteiger partial charge in [0, 0.05) is 13.5 Å². The van der Waals surface area contributed by atoms with Gasteiger partial charge in [-0.1, -0.05) is 25.1 Å². The first-order valence-electron chi connectivity index (χ1n) is 6.97. The second kappa shape index (κ2) is 7.67. The van der Waals surface area contributed by atoms with Crippen LogP contribution < -0.4 is 4.74 Å². The minimum Gasteiger partial charge on any atom is -0.496 e. The molecule has 0 aliphatic carbocycles. The zero-order valence-electron chi connectivity index (χ0n) is 13.0. The zero-order valence-corrected chi connectivity index (χ0v) is 13.0. The summed E-state index contributed by atoms with van der Waals surface area (Å²) in [5.41, 5.74) is 1.05. The number of nitrogens with zero attached hydrogens (tertiary/aromatic N) is 1. The molecule has 1 amide bonds. The molecule has 0 radical (unpaired) electrons. The van der Waals surface area contributed by atoms with Crippen molar-refractivity contribution in [2.75, 3.05) is 14.2 Å². The fourth-order valence-electron chi connectivity index (χ4n) is 2.14. The van der Waals surface area contributed by atoms with Gasteiger partial charge in [-0.15, -0.1) is 0 Å². The van der Waals surface area contributed by atoms with Crippen LogP contribution in [0.25, 0.3) is 0 Å². The highest BCUT2D eigenvalue weighted by Crippen LogP contribution is 2.22. The molecular weight excluding hydrogens is 270 g/mol. The number of para-hydroxylation sites is 1. The smallest absolute Gasteiger partial charge is 0.326 e. The topological polar surface area (TPSA) is 66.8 Å². The van der Waals surface area contributed by atoms with Gasteiger partial charge in [-0.3, -0.25) is 4.79 Å². The molecule has 0 spiro atoms. The molecule has 5 heteroatoms.